The van der Waals surface area contributed by atoms with Gasteiger partial charge in [-0.2, -0.15) is 0 Å². The molecule has 0 aromatic carbocycles. The molecule has 1 saturated heterocycles. The maximum atomic E-state index is 7.18. The van der Waals surface area contributed by atoms with Crippen molar-refractivity contribution in [2.75, 3.05) is 18.0 Å². The fourth-order valence-electron chi connectivity index (χ4n) is 1.20. The van der Waals surface area contributed by atoms with Crippen molar-refractivity contribution in [3.63, 3.8) is 0 Å². The van der Waals surface area contributed by atoms with Crippen LogP contribution >= 0.6 is 0 Å². The molecule has 1 aliphatic rings. The molecule has 3 N–H and O–H groups in total. The summed E-state index contributed by atoms with van der Waals surface area (Å²) in [5.41, 5.74) is 5.28. The monoisotopic (exact) mass is 177 g/mol. The largest absolute Gasteiger partial charge is 0.381 e. The van der Waals surface area contributed by atoms with Gasteiger partial charge in [0.25, 0.3) is 0 Å². The Bertz CT molecular complexity index is 331. The number of nitrogens with one attached hydrogen (secondary N) is 1. The molecule has 1 aromatic rings. The van der Waals surface area contributed by atoms with Gasteiger partial charge < -0.3 is 10.6 Å². The molecule has 0 saturated carbocycles. The van der Waals surface area contributed by atoms with E-state index in [4.69, 9.17) is 11.1 Å². The zero-order valence-corrected chi connectivity index (χ0v) is 7.20. The number of amidine groups is 1. The van der Waals surface area contributed by atoms with E-state index in [9.17, 15) is 0 Å². The highest BCUT2D eigenvalue weighted by Gasteiger charge is 2.16. The second-order valence-corrected chi connectivity index (χ2v) is 2.99. The van der Waals surface area contributed by atoms with Gasteiger partial charge in [0.2, 0.25) is 0 Å². The van der Waals surface area contributed by atoms with Crippen molar-refractivity contribution in [1.82, 2.24) is 9.97 Å². The Hall–Kier alpha value is -1.65. The standard InChI is InChI=1S/C8H11N5/c9-7(10)8-11-3-2-6(12-8)13-4-1-5-13/h2-3H,1,4-5H2,(H3,9,10). The summed E-state index contributed by atoms with van der Waals surface area (Å²) in [6.07, 6.45) is 2.84. The van der Waals surface area contributed by atoms with Gasteiger partial charge in [0, 0.05) is 19.3 Å². The molecular formula is C8H11N5. The molecule has 2 heterocycles. The lowest BCUT2D eigenvalue weighted by Crippen LogP contribution is -2.38. The molecule has 0 radical (unpaired) electrons. The van der Waals surface area contributed by atoms with Crippen LogP contribution in [0.3, 0.4) is 0 Å². The Kier molecular flexibility index (Phi) is 1.84. The first-order valence-electron chi connectivity index (χ1n) is 4.20. The Morgan fingerprint density at radius 2 is 2.31 bits per heavy atom. The molecule has 0 aliphatic carbocycles. The summed E-state index contributed by atoms with van der Waals surface area (Å²) in [5, 5.41) is 7.18. The van der Waals surface area contributed by atoms with E-state index in [0.717, 1.165) is 18.9 Å². The maximum Gasteiger partial charge on any atom is 0.196 e. The molecule has 0 bridgehead atoms. The molecule has 1 aromatic heterocycles. The highest BCUT2D eigenvalue weighted by molar-refractivity contribution is 5.91. The highest BCUT2D eigenvalue weighted by atomic mass is 15.2. The summed E-state index contributed by atoms with van der Waals surface area (Å²) in [7, 11) is 0. The topological polar surface area (TPSA) is 78.9 Å². The predicted octanol–water partition coefficient (Wildman–Crippen LogP) is -0.0292. The van der Waals surface area contributed by atoms with Crippen molar-refractivity contribution in [2.24, 2.45) is 5.73 Å². The Morgan fingerprint density at radius 3 is 2.85 bits per heavy atom. The van der Waals surface area contributed by atoms with Gasteiger partial charge in [0.05, 0.1) is 0 Å². The van der Waals surface area contributed by atoms with Crippen molar-refractivity contribution >= 4 is 11.7 Å². The summed E-state index contributed by atoms with van der Waals surface area (Å²) in [5.74, 6) is 1.10. The zero-order chi connectivity index (χ0) is 9.26. The average Bonchev–Trinajstić information content (AvgIpc) is 2.01. The number of anilines is 1. The number of nitrogens with two attached hydrogens (primary N) is 1. The molecule has 2 rings (SSSR count). The molecule has 5 nitrogen and oxygen atoms in total. The first kappa shape index (κ1) is 7.97. The predicted molar refractivity (Wildman–Crippen MR) is 49.9 cm³/mol. The van der Waals surface area contributed by atoms with Crippen LogP contribution < -0.4 is 10.6 Å². The first-order chi connectivity index (χ1) is 6.27. The van der Waals surface area contributed by atoms with E-state index >= 15 is 0 Å². The van der Waals surface area contributed by atoms with Crippen LogP contribution in [0.1, 0.15) is 12.2 Å². The first-order valence-corrected chi connectivity index (χ1v) is 4.20. The van der Waals surface area contributed by atoms with Crippen LogP contribution in [0.5, 0.6) is 0 Å². The molecule has 13 heavy (non-hydrogen) atoms. The smallest absolute Gasteiger partial charge is 0.196 e. The minimum absolute atomic E-state index is 0.0811. The van der Waals surface area contributed by atoms with Crippen LogP contribution in [0.25, 0.3) is 0 Å². The van der Waals surface area contributed by atoms with Gasteiger partial charge in [-0.3, -0.25) is 5.41 Å². The third kappa shape index (κ3) is 1.44. The third-order valence-electron chi connectivity index (χ3n) is 2.06. The normalized spacial score (nSPS) is 15.2. The summed E-state index contributed by atoms with van der Waals surface area (Å²) >= 11 is 0. The van der Waals surface area contributed by atoms with Gasteiger partial charge in [-0.15, -0.1) is 0 Å². The number of nitrogen functional groups attached to an aromatic ring is 1. The van der Waals surface area contributed by atoms with Crippen molar-refractivity contribution in [1.29, 1.82) is 5.41 Å². The third-order valence-corrected chi connectivity index (χ3v) is 2.06. The molecule has 0 amide bonds. The lowest BCUT2D eigenvalue weighted by Gasteiger charge is -2.31. The summed E-state index contributed by atoms with van der Waals surface area (Å²) in [6.45, 7) is 2.07. The van der Waals surface area contributed by atoms with Gasteiger partial charge in [-0.1, -0.05) is 0 Å². The van der Waals surface area contributed by atoms with Gasteiger partial charge in [-0.05, 0) is 12.5 Å². The SMILES string of the molecule is N=C(N)c1nccc(N2CCC2)n1. The lowest BCUT2D eigenvalue weighted by molar-refractivity contribution is 0.608. The van der Waals surface area contributed by atoms with E-state index in [1.165, 1.54) is 6.42 Å². The summed E-state index contributed by atoms with van der Waals surface area (Å²) in [4.78, 5) is 10.2. The molecule has 0 atom stereocenters. The Labute approximate surface area is 76.1 Å². The molecule has 5 heteroatoms. The van der Waals surface area contributed by atoms with Crippen LogP contribution in [0, 0.1) is 5.41 Å². The van der Waals surface area contributed by atoms with E-state index in [-0.39, 0.29) is 5.84 Å². The molecule has 1 aliphatic heterocycles. The quantitative estimate of drug-likeness (QED) is 0.491. The summed E-state index contributed by atoms with van der Waals surface area (Å²) < 4.78 is 0. The van der Waals surface area contributed by atoms with Crippen molar-refractivity contribution in [2.45, 2.75) is 6.42 Å². The Morgan fingerprint density at radius 1 is 1.54 bits per heavy atom. The van der Waals surface area contributed by atoms with Crippen LogP contribution in [-0.4, -0.2) is 28.9 Å². The van der Waals surface area contributed by atoms with E-state index in [0.29, 0.717) is 5.82 Å². The van der Waals surface area contributed by atoms with Crippen molar-refractivity contribution in [3.8, 4) is 0 Å². The van der Waals surface area contributed by atoms with Crippen molar-refractivity contribution in [3.05, 3.63) is 18.1 Å². The fourth-order valence-corrected chi connectivity index (χ4v) is 1.20. The highest BCUT2D eigenvalue weighted by Crippen LogP contribution is 2.16. The van der Waals surface area contributed by atoms with Gasteiger partial charge in [0.1, 0.15) is 5.82 Å². The number of hydrogen-bond acceptors (Lipinski definition) is 4. The van der Waals surface area contributed by atoms with Crippen LogP contribution in [0.4, 0.5) is 5.82 Å². The second kappa shape index (κ2) is 3.01. The number of hydrogen-bond donors (Lipinski definition) is 2. The molecular weight excluding hydrogens is 166 g/mol. The van der Waals surface area contributed by atoms with Crippen LogP contribution in [0.15, 0.2) is 12.3 Å². The molecule has 0 spiro atoms. The summed E-state index contributed by atoms with van der Waals surface area (Å²) in [6, 6.07) is 1.84. The van der Waals surface area contributed by atoms with E-state index in [1.54, 1.807) is 6.20 Å². The van der Waals surface area contributed by atoms with Gasteiger partial charge >= 0.3 is 0 Å². The zero-order valence-electron chi connectivity index (χ0n) is 7.20. The maximum absolute atomic E-state index is 7.18. The molecule has 68 valence electrons. The lowest BCUT2D eigenvalue weighted by atomic mass is 10.2. The molecule has 0 unspecified atom stereocenters. The van der Waals surface area contributed by atoms with Crippen molar-refractivity contribution < 1.29 is 0 Å². The number of rotatable bonds is 2. The minimum Gasteiger partial charge on any atom is -0.381 e. The minimum atomic E-state index is -0.0811. The average molecular weight is 177 g/mol. The Balaban J connectivity index is 2.26. The fraction of sp³-hybridized carbons (Fsp3) is 0.375. The van der Waals surface area contributed by atoms with Crippen LogP contribution in [-0.2, 0) is 0 Å². The second-order valence-electron chi connectivity index (χ2n) is 2.99. The van der Waals surface area contributed by atoms with Gasteiger partial charge in [-0.25, -0.2) is 9.97 Å². The van der Waals surface area contributed by atoms with E-state index in [1.807, 2.05) is 6.07 Å². The van der Waals surface area contributed by atoms with Gasteiger partial charge in [0.15, 0.2) is 11.7 Å². The number of aromatic nitrogens is 2. The van der Waals surface area contributed by atoms with E-state index in [2.05, 4.69) is 14.9 Å². The number of nitrogens with zero attached hydrogens (tertiary/aromatic N) is 3. The van der Waals surface area contributed by atoms with E-state index < -0.39 is 0 Å². The molecule has 1 fully saturated rings. The van der Waals surface area contributed by atoms with Crippen LogP contribution in [0.2, 0.25) is 0 Å².